The third-order valence-electron chi connectivity index (χ3n) is 4.03. The van der Waals surface area contributed by atoms with E-state index in [1.165, 1.54) is 17.3 Å². The monoisotopic (exact) mass is 380 g/mol. The summed E-state index contributed by atoms with van der Waals surface area (Å²) < 4.78 is 0. The van der Waals surface area contributed by atoms with Gasteiger partial charge in [-0.05, 0) is 36.6 Å². The fourth-order valence-corrected chi connectivity index (χ4v) is 2.87. The van der Waals surface area contributed by atoms with Crippen molar-refractivity contribution >= 4 is 23.3 Å². The van der Waals surface area contributed by atoms with Crippen molar-refractivity contribution in [3.8, 4) is 0 Å². The molecule has 3 rings (SSSR count). The topological polar surface area (TPSA) is 66.9 Å². The molecule has 1 aromatic heterocycles. The molecule has 0 saturated heterocycles. The number of carbonyl (C=O) groups is 1. The van der Waals surface area contributed by atoms with Crippen LogP contribution in [0.4, 0.5) is 5.82 Å². The summed E-state index contributed by atoms with van der Waals surface area (Å²) in [6, 6.07) is 15.8. The number of rotatable bonds is 7. The Bertz CT molecular complexity index is 912. The van der Waals surface area contributed by atoms with E-state index >= 15 is 0 Å². The highest BCUT2D eigenvalue weighted by atomic mass is 35.5. The Morgan fingerprint density at radius 1 is 1.04 bits per heavy atom. The number of hydrogen-bond acceptors (Lipinski definition) is 4. The fraction of sp³-hybridized carbons (Fsp3) is 0.190. The van der Waals surface area contributed by atoms with Gasteiger partial charge in [0, 0.05) is 18.1 Å². The Hall–Kier alpha value is -2.92. The number of halogens is 1. The van der Waals surface area contributed by atoms with E-state index in [0.717, 1.165) is 5.56 Å². The van der Waals surface area contributed by atoms with Crippen LogP contribution in [0.1, 0.15) is 27.2 Å². The number of nitrogens with zero attached hydrogens (tertiary/aromatic N) is 2. The van der Waals surface area contributed by atoms with Crippen molar-refractivity contribution in [1.82, 2.24) is 15.3 Å². The van der Waals surface area contributed by atoms with Gasteiger partial charge < -0.3 is 10.6 Å². The van der Waals surface area contributed by atoms with E-state index in [9.17, 15) is 4.79 Å². The molecule has 2 N–H and O–H groups in total. The molecule has 0 unspecified atom stereocenters. The minimum atomic E-state index is -0.241. The normalized spacial score (nSPS) is 10.4. The zero-order valence-corrected chi connectivity index (χ0v) is 15.8. The predicted molar refractivity (Wildman–Crippen MR) is 108 cm³/mol. The van der Waals surface area contributed by atoms with Crippen molar-refractivity contribution in [1.29, 1.82) is 0 Å². The van der Waals surface area contributed by atoms with Gasteiger partial charge in [-0.1, -0.05) is 53.6 Å². The zero-order valence-electron chi connectivity index (χ0n) is 15.1. The molecule has 0 aliphatic heterocycles. The number of aryl methyl sites for hydroxylation is 1. The second kappa shape index (κ2) is 9.14. The van der Waals surface area contributed by atoms with Crippen molar-refractivity contribution in [3.63, 3.8) is 0 Å². The summed E-state index contributed by atoms with van der Waals surface area (Å²) in [5.41, 5.74) is 3.75. The van der Waals surface area contributed by atoms with E-state index in [-0.39, 0.29) is 5.91 Å². The van der Waals surface area contributed by atoms with Gasteiger partial charge >= 0.3 is 0 Å². The van der Waals surface area contributed by atoms with Crippen LogP contribution in [0, 0.1) is 6.92 Å². The molecule has 0 fully saturated rings. The van der Waals surface area contributed by atoms with Crippen molar-refractivity contribution in [2.45, 2.75) is 19.9 Å². The van der Waals surface area contributed by atoms with Gasteiger partial charge in [0.1, 0.15) is 11.5 Å². The van der Waals surface area contributed by atoms with Crippen molar-refractivity contribution in [2.75, 3.05) is 11.9 Å². The summed E-state index contributed by atoms with van der Waals surface area (Å²) >= 11 is 5.96. The fourth-order valence-electron chi connectivity index (χ4n) is 2.65. The predicted octanol–water partition coefficient (Wildman–Crippen LogP) is 4.02. The lowest BCUT2D eigenvalue weighted by Crippen LogP contribution is -2.26. The van der Waals surface area contributed by atoms with Crippen LogP contribution in [0.2, 0.25) is 5.02 Å². The molecule has 0 spiro atoms. The molecular formula is C21H21ClN4O. The van der Waals surface area contributed by atoms with Gasteiger partial charge in [0.15, 0.2) is 0 Å². The standard InChI is InChI=1S/C21H21ClN4O/c1-15-4-2-6-17(10-15)12-25-20-14-24-19(13-26-20)21(27)23-9-8-16-5-3-7-18(22)11-16/h2-7,10-11,13-14H,8-9,12H2,1H3,(H,23,27)(H,25,26). The van der Waals surface area contributed by atoms with Crippen LogP contribution in [0.3, 0.4) is 0 Å². The molecule has 0 radical (unpaired) electrons. The second-order valence-electron chi connectivity index (χ2n) is 6.27. The van der Waals surface area contributed by atoms with Gasteiger partial charge in [0.25, 0.3) is 5.91 Å². The van der Waals surface area contributed by atoms with Crippen molar-refractivity contribution in [2.24, 2.45) is 0 Å². The van der Waals surface area contributed by atoms with Crippen LogP contribution in [0.15, 0.2) is 60.9 Å². The van der Waals surface area contributed by atoms with E-state index < -0.39 is 0 Å². The van der Waals surface area contributed by atoms with Crippen LogP contribution in [0.5, 0.6) is 0 Å². The van der Waals surface area contributed by atoms with Crippen molar-refractivity contribution < 1.29 is 4.79 Å². The third-order valence-corrected chi connectivity index (χ3v) is 4.26. The van der Waals surface area contributed by atoms with Crippen LogP contribution in [0.25, 0.3) is 0 Å². The number of carbonyl (C=O) groups excluding carboxylic acids is 1. The van der Waals surface area contributed by atoms with Gasteiger partial charge in [-0.3, -0.25) is 4.79 Å². The first kappa shape index (κ1) is 18.9. The first-order valence-corrected chi connectivity index (χ1v) is 9.12. The van der Waals surface area contributed by atoms with Gasteiger partial charge in [0.05, 0.1) is 12.4 Å². The van der Waals surface area contributed by atoms with Crippen LogP contribution >= 0.6 is 11.6 Å². The average Bonchev–Trinajstić information content (AvgIpc) is 2.67. The summed E-state index contributed by atoms with van der Waals surface area (Å²) in [6.45, 7) is 3.22. The maximum atomic E-state index is 12.2. The summed E-state index contributed by atoms with van der Waals surface area (Å²) in [5.74, 6) is 0.391. The zero-order chi connectivity index (χ0) is 19.1. The quantitative estimate of drug-likeness (QED) is 0.649. The van der Waals surface area contributed by atoms with E-state index in [2.05, 4.69) is 45.7 Å². The van der Waals surface area contributed by atoms with Crippen LogP contribution in [-0.4, -0.2) is 22.4 Å². The highest BCUT2D eigenvalue weighted by molar-refractivity contribution is 6.30. The minimum absolute atomic E-state index is 0.241. The summed E-state index contributed by atoms with van der Waals surface area (Å²) in [4.78, 5) is 20.6. The lowest BCUT2D eigenvalue weighted by molar-refractivity contribution is 0.0949. The van der Waals surface area contributed by atoms with Crippen molar-refractivity contribution in [3.05, 3.63) is 88.3 Å². The summed E-state index contributed by atoms with van der Waals surface area (Å²) in [7, 11) is 0. The number of hydrogen-bond donors (Lipinski definition) is 2. The average molecular weight is 381 g/mol. The molecule has 6 heteroatoms. The summed E-state index contributed by atoms with van der Waals surface area (Å²) in [5, 5.41) is 6.74. The van der Waals surface area contributed by atoms with E-state index in [4.69, 9.17) is 11.6 Å². The summed E-state index contributed by atoms with van der Waals surface area (Å²) in [6.07, 6.45) is 3.75. The van der Waals surface area contributed by atoms with Gasteiger partial charge in [-0.15, -0.1) is 0 Å². The maximum absolute atomic E-state index is 12.2. The molecule has 0 saturated carbocycles. The molecule has 0 aliphatic carbocycles. The lowest BCUT2D eigenvalue weighted by Gasteiger charge is -2.08. The Morgan fingerprint density at radius 2 is 1.85 bits per heavy atom. The molecule has 138 valence electrons. The van der Waals surface area contributed by atoms with Gasteiger partial charge in [-0.25, -0.2) is 9.97 Å². The molecular weight excluding hydrogens is 360 g/mol. The Kier molecular flexibility index (Phi) is 6.39. The molecule has 3 aromatic rings. The van der Waals surface area contributed by atoms with E-state index in [0.29, 0.717) is 36.0 Å². The molecule has 1 heterocycles. The SMILES string of the molecule is Cc1cccc(CNc2cnc(C(=O)NCCc3cccc(Cl)c3)cn2)c1. The van der Waals surface area contributed by atoms with Gasteiger partial charge in [0.2, 0.25) is 0 Å². The third kappa shape index (κ3) is 5.79. The Labute approximate surface area is 163 Å². The highest BCUT2D eigenvalue weighted by Gasteiger charge is 2.07. The Balaban J connectivity index is 1.48. The first-order valence-electron chi connectivity index (χ1n) is 8.74. The first-order chi connectivity index (χ1) is 13.1. The lowest BCUT2D eigenvalue weighted by atomic mass is 10.1. The smallest absolute Gasteiger partial charge is 0.271 e. The molecule has 5 nitrogen and oxygen atoms in total. The number of nitrogens with one attached hydrogen (secondary N) is 2. The number of anilines is 1. The molecule has 0 bridgehead atoms. The van der Waals surface area contributed by atoms with E-state index in [1.54, 1.807) is 6.20 Å². The van der Waals surface area contributed by atoms with Gasteiger partial charge in [-0.2, -0.15) is 0 Å². The Morgan fingerprint density at radius 3 is 2.59 bits per heavy atom. The molecule has 0 aliphatic rings. The maximum Gasteiger partial charge on any atom is 0.271 e. The minimum Gasteiger partial charge on any atom is -0.365 e. The highest BCUT2D eigenvalue weighted by Crippen LogP contribution is 2.11. The number of amides is 1. The molecule has 1 amide bonds. The largest absolute Gasteiger partial charge is 0.365 e. The molecule has 2 aromatic carbocycles. The van der Waals surface area contributed by atoms with E-state index in [1.807, 2.05) is 30.3 Å². The second-order valence-corrected chi connectivity index (χ2v) is 6.70. The molecule has 0 atom stereocenters. The van der Waals surface area contributed by atoms with Crippen LogP contribution in [-0.2, 0) is 13.0 Å². The molecule has 27 heavy (non-hydrogen) atoms. The van der Waals surface area contributed by atoms with Crippen LogP contribution < -0.4 is 10.6 Å². The number of aromatic nitrogens is 2. The number of benzene rings is 2.